The van der Waals surface area contributed by atoms with Gasteiger partial charge in [0.25, 0.3) is 11.6 Å². The summed E-state index contributed by atoms with van der Waals surface area (Å²) in [4.78, 5) is 21.8. The predicted octanol–water partition coefficient (Wildman–Crippen LogP) is 1.07. The molecule has 0 radical (unpaired) electrons. The molecule has 0 aliphatic heterocycles. The molecule has 1 aromatic rings. The predicted molar refractivity (Wildman–Crippen MR) is 62.4 cm³/mol. The van der Waals surface area contributed by atoms with Crippen molar-refractivity contribution < 1.29 is 9.72 Å². The van der Waals surface area contributed by atoms with Crippen LogP contribution >= 0.6 is 0 Å². The summed E-state index contributed by atoms with van der Waals surface area (Å²) in [5, 5.41) is 13.2. The first-order valence-corrected chi connectivity index (χ1v) is 5.00. The smallest absolute Gasteiger partial charge is 0.287 e. The molecule has 6 nitrogen and oxygen atoms in total. The van der Waals surface area contributed by atoms with Gasteiger partial charge in [-0.3, -0.25) is 14.9 Å². The molecule has 0 aliphatic carbocycles. The number of rotatable bonds is 4. The van der Waals surface area contributed by atoms with Crippen molar-refractivity contribution >= 4 is 11.6 Å². The number of nitrogens with zero attached hydrogens (tertiary/aromatic N) is 2. The van der Waals surface area contributed by atoms with Crippen molar-refractivity contribution in [2.45, 2.75) is 19.4 Å². The minimum Gasteiger partial charge on any atom is -0.347 e. The Morgan fingerprint density at radius 1 is 1.76 bits per heavy atom. The third-order valence-electron chi connectivity index (χ3n) is 2.24. The van der Waals surface area contributed by atoms with Crippen LogP contribution in [0.5, 0.6) is 0 Å². The first-order valence-electron chi connectivity index (χ1n) is 5.00. The molecule has 6 heteroatoms. The summed E-state index contributed by atoms with van der Waals surface area (Å²) in [6.45, 7) is 1.77. The normalized spacial score (nSPS) is 11.6. The van der Waals surface area contributed by atoms with E-state index < -0.39 is 4.92 Å². The van der Waals surface area contributed by atoms with Crippen LogP contribution in [0.25, 0.3) is 0 Å². The van der Waals surface area contributed by atoms with E-state index in [1.165, 1.54) is 16.8 Å². The lowest BCUT2D eigenvalue weighted by Gasteiger charge is -2.10. The Labute approximate surface area is 98.8 Å². The van der Waals surface area contributed by atoms with Crippen LogP contribution in [0.2, 0.25) is 0 Å². The summed E-state index contributed by atoms with van der Waals surface area (Å²) in [6.07, 6.45) is 6.83. The van der Waals surface area contributed by atoms with Gasteiger partial charge >= 0.3 is 0 Å². The van der Waals surface area contributed by atoms with Gasteiger partial charge < -0.3 is 9.88 Å². The fourth-order valence-corrected chi connectivity index (χ4v) is 1.40. The number of carbonyl (C=O) groups is 1. The Morgan fingerprint density at radius 3 is 2.88 bits per heavy atom. The van der Waals surface area contributed by atoms with Crippen LogP contribution in [0.4, 0.5) is 5.69 Å². The molecule has 1 unspecified atom stereocenters. The molecule has 0 spiro atoms. The molecule has 0 saturated carbocycles. The van der Waals surface area contributed by atoms with Crippen LogP contribution in [0, 0.1) is 22.5 Å². The molecule has 1 atom stereocenters. The molecule has 0 aromatic carbocycles. The number of nitrogens with one attached hydrogen (secondary N) is 1. The highest BCUT2D eigenvalue weighted by Crippen LogP contribution is 2.15. The first kappa shape index (κ1) is 12.8. The molecule has 0 bridgehead atoms. The average Bonchev–Trinajstić information content (AvgIpc) is 2.60. The van der Waals surface area contributed by atoms with Gasteiger partial charge in [-0.25, -0.2) is 0 Å². The average molecular weight is 235 g/mol. The summed E-state index contributed by atoms with van der Waals surface area (Å²) in [6, 6.07) is 1.07. The van der Waals surface area contributed by atoms with Crippen LogP contribution in [0.3, 0.4) is 0 Å². The van der Waals surface area contributed by atoms with Crippen molar-refractivity contribution in [2.75, 3.05) is 0 Å². The number of aromatic nitrogens is 1. The Kier molecular flexibility index (Phi) is 3.88. The topological polar surface area (TPSA) is 77.2 Å². The molecule has 0 fully saturated rings. The molecule has 0 aliphatic rings. The Morgan fingerprint density at radius 2 is 2.41 bits per heavy atom. The van der Waals surface area contributed by atoms with Crippen LogP contribution < -0.4 is 5.32 Å². The van der Waals surface area contributed by atoms with E-state index in [1.54, 1.807) is 14.0 Å². The zero-order chi connectivity index (χ0) is 13.0. The standard InChI is InChI=1S/C11H13N3O3/c1-4-5-8(2)12-11(15)10-6-9(14(16)17)7-13(10)3/h1,6-8H,5H2,2-3H3,(H,12,15). The Hall–Kier alpha value is -2.29. The highest BCUT2D eigenvalue weighted by Gasteiger charge is 2.18. The fraction of sp³-hybridized carbons (Fsp3) is 0.364. The molecule has 17 heavy (non-hydrogen) atoms. The zero-order valence-corrected chi connectivity index (χ0v) is 9.64. The summed E-state index contributed by atoms with van der Waals surface area (Å²) in [7, 11) is 1.58. The summed E-state index contributed by atoms with van der Waals surface area (Å²) < 4.78 is 1.41. The van der Waals surface area contributed by atoms with E-state index in [2.05, 4.69) is 11.2 Å². The van der Waals surface area contributed by atoms with Crippen molar-refractivity contribution in [1.82, 2.24) is 9.88 Å². The SMILES string of the molecule is C#CCC(C)NC(=O)c1cc([N+](=O)[O-])cn1C. The minimum absolute atomic E-state index is 0.109. The van der Waals surface area contributed by atoms with Crippen molar-refractivity contribution in [1.29, 1.82) is 0 Å². The maximum absolute atomic E-state index is 11.8. The largest absolute Gasteiger partial charge is 0.347 e. The lowest BCUT2D eigenvalue weighted by molar-refractivity contribution is -0.384. The van der Waals surface area contributed by atoms with Crippen LogP contribution in [-0.4, -0.2) is 21.4 Å². The first-order chi connectivity index (χ1) is 7.95. The van der Waals surface area contributed by atoms with Crippen LogP contribution in [0.1, 0.15) is 23.8 Å². The molecule has 1 heterocycles. The minimum atomic E-state index is -0.540. The van der Waals surface area contributed by atoms with E-state index in [4.69, 9.17) is 6.42 Å². The van der Waals surface area contributed by atoms with Gasteiger partial charge in [-0.05, 0) is 6.92 Å². The highest BCUT2D eigenvalue weighted by atomic mass is 16.6. The maximum atomic E-state index is 11.8. The highest BCUT2D eigenvalue weighted by molar-refractivity contribution is 5.93. The van der Waals surface area contributed by atoms with E-state index in [0.29, 0.717) is 6.42 Å². The molecular weight excluding hydrogens is 222 g/mol. The van der Waals surface area contributed by atoms with Gasteiger partial charge in [0.05, 0.1) is 11.1 Å². The third-order valence-corrected chi connectivity index (χ3v) is 2.24. The molecule has 90 valence electrons. The number of nitro groups is 1. The van der Waals surface area contributed by atoms with Crippen molar-refractivity contribution in [3.63, 3.8) is 0 Å². The summed E-state index contributed by atoms with van der Waals surface area (Å²) in [5.74, 6) is 2.06. The van der Waals surface area contributed by atoms with Gasteiger partial charge in [0.2, 0.25) is 0 Å². The van der Waals surface area contributed by atoms with Gasteiger partial charge in [0, 0.05) is 25.6 Å². The van der Waals surface area contributed by atoms with E-state index in [9.17, 15) is 14.9 Å². The van der Waals surface area contributed by atoms with E-state index in [1.807, 2.05) is 0 Å². The molecule has 1 amide bonds. The second-order valence-corrected chi connectivity index (χ2v) is 3.73. The lowest BCUT2D eigenvalue weighted by atomic mass is 10.2. The Bertz CT molecular complexity index is 485. The molecule has 1 rings (SSSR count). The number of hydrogen-bond acceptors (Lipinski definition) is 3. The quantitative estimate of drug-likeness (QED) is 0.482. The maximum Gasteiger partial charge on any atom is 0.287 e. The monoisotopic (exact) mass is 235 g/mol. The number of carbonyl (C=O) groups excluding carboxylic acids is 1. The number of amides is 1. The zero-order valence-electron chi connectivity index (χ0n) is 9.64. The van der Waals surface area contributed by atoms with Gasteiger partial charge in [-0.15, -0.1) is 12.3 Å². The molecule has 1 N–H and O–H groups in total. The van der Waals surface area contributed by atoms with E-state index in [0.717, 1.165) is 0 Å². The number of terminal acetylenes is 1. The van der Waals surface area contributed by atoms with Gasteiger partial charge in [0.15, 0.2) is 0 Å². The fourth-order valence-electron chi connectivity index (χ4n) is 1.40. The van der Waals surface area contributed by atoms with Gasteiger partial charge in [-0.2, -0.15) is 0 Å². The Balaban J connectivity index is 2.83. The molecule has 0 saturated heterocycles. The second kappa shape index (κ2) is 5.16. The lowest BCUT2D eigenvalue weighted by Crippen LogP contribution is -2.33. The van der Waals surface area contributed by atoms with Crippen molar-refractivity contribution in [3.8, 4) is 12.3 Å². The number of hydrogen-bond donors (Lipinski definition) is 1. The van der Waals surface area contributed by atoms with Crippen LogP contribution in [0.15, 0.2) is 12.3 Å². The van der Waals surface area contributed by atoms with Crippen molar-refractivity contribution in [3.05, 3.63) is 28.1 Å². The van der Waals surface area contributed by atoms with Gasteiger partial charge in [0.1, 0.15) is 5.69 Å². The van der Waals surface area contributed by atoms with E-state index in [-0.39, 0.29) is 23.3 Å². The van der Waals surface area contributed by atoms with Crippen LogP contribution in [-0.2, 0) is 7.05 Å². The molecular formula is C11H13N3O3. The second-order valence-electron chi connectivity index (χ2n) is 3.73. The summed E-state index contributed by atoms with van der Waals surface area (Å²) >= 11 is 0. The van der Waals surface area contributed by atoms with Crippen molar-refractivity contribution in [2.24, 2.45) is 7.05 Å². The third kappa shape index (κ3) is 3.08. The summed E-state index contributed by atoms with van der Waals surface area (Å²) in [5.41, 5.74) is 0.128. The molecule has 1 aromatic heterocycles. The van der Waals surface area contributed by atoms with Gasteiger partial charge in [-0.1, -0.05) is 0 Å². The number of aryl methyl sites for hydroxylation is 1. The van der Waals surface area contributed by atoms with E-state index >= 15 is 0 Å².